The Labute approximate surface area is 150 Å². The van der Waals surface area contributed by atoms with Crippen molar-refractivity contribution in [2.45, 2.75) is 18.7 Å². The van der Waals surface area contributed by atoms with Gasteiger partial charge in [0.05, 0.1) is 23.0 Å². The molecule has 128 valence electrons. The van der Waals surface area contributed by atoms with Crippen molar-refractivity contribution >= 4 is 28.1 Å². The molecular weight excluding hydrogens is 326 g/mol. The molecule has 2 unspecified atom stereocenters. The van der Waals surface area contributed by atoms with Crippen molar-refractivity contribution in [3.8, 4) is 0 Å². The molecule has 0 radical (unpaired) electrons. The van der Waals surface area contributed by atoms with Crippen LogP contribution in [-0.2, 0) is 18.3 Å². The number of hydrogen-bond donors (Lipinski definition) is 2. The van der Waals surface area contributed by atoms with Crippen LogP contribution in [0, 0.1) is 0 Å². The number of nitrogens with zero attached hydrogens (tertiary/aromatic N) is 2. The second kappa shape index (κ2) is 4.56. The second-order valence-corrected chi connectivity index (χ2v) is 7.19. The number of aliphatic hydroxyl groups excluding tert-OH is 1. The van der Waals surface area contributed by atoms with E-state index in [9.17, 15) is 9.90 Å². The van der Waals surface area contributed by atoms with Gasteiger partial charge in [0, 0.05) is 35.6 Å². The molecule has 0 aliphatic carbocycles. The van der Waals surface area contributed by atoms with Crippen molar-refractivity contribution in [3.63, 3.8) is 0 Å². The van der Waals surface area contributed by atoms with Gasteiger partial charge in [-0.15, -0.1) is 0 Å². The van der Waals surface area contributed by atoms with Crippen LogP contribution in [0.4, 0.5) is 5.69 Å². The molecule has 0 saturated heterocycles. The Morgan fingerprint density at radius 2 is 1.88 bits per heavy atom. The highest BCUT2D eigenvalue weighted by Gasteiger charge is 2.48. The molecule has 5 heteroatoms. The van der Waals surface area contributed by atoms with Crippen molar-refractivity contribution in [2.75, 3.05) is 4.90 Å². The lowest BCUT2D eigenvalue weighted by atomic mass is 9.92. The van der Waals surface area contributed by atoms with Gasteiger partial charge in [-0.2, -0.15) is 0 Å². The smallest absolute Gasteiger partial charge is 0.256 e. The van der Waals surface area contributed by atoms with Gasteiger partial charge in [-0.25, -0.2) is 0 Å². The predicted molar refractivity (Wildman–Crippen MR) is 99.4 cm³/mol. The Kier molecular flexibility index (Phi) is 2.48. The van der Waals surface area contributed by atoms with E-state index in [-0.39, 0.29) is 11.9 Å². The van der Waals surface area contributed by atoms with Crippen LogP contribution in [0.25, 0.3) is 16.5 Å². The van der Waals surface area contributed by atoms with E-state index >= 15 is 0 Å². The zero-order valence-corrected chi connectivity index (χ0v) is 14.2. The standard InChI is InChI=1S/C21H17N3O2/c1-23-14-9-5-3-7-12(14)16-17-19(21(26)22-20(17)25)24-13-8-4-2-6-11(13)10-15(24)18(16)23/h2-9,15,21,26H,10H2,1H3,(H,22,25). The summed E-state index contributed by atoms with van der Waals surface area (Å²) >= 11 is 0. The molecule has 5 nitrogen and oxygen atoms in total. The van der Waals surface area contributed by atoms with Gasteiger partial charge in [0.25, 0.3) is 5.91 Å². The number of rotatable bonds is 0. The van der Waals surface area contributed by atoms with E-state index in [0.717, 1.165) is 34.3 Å². The molecule has 3 aliphatic rings. The first-order valence-corrected chi connectivity index (χ1v) is 8.84. The van der Waals surface area contributed by atoms with Gasteiger partial charge < -0.3 is 19.9 Å². The number of carbonyl (C=O) groups is 1. The number of nitrogens with one attached hydrogen (secondary N) is 1. The van der Waals surface area contributed by atoms with E-state index in [0.29, 0.717) is 11.3 Å². The number of carbonyl (C=O) groups excluding carboxylic acids is 1. The van der Waals surface area contributed by atoms with Gasteiger partial charge in [0.15, 0.2) is 6.23 Å². The van der Waals surface area contributed by atoms with Crippen LogP contribution >= 0.6 is 0 Å². The lowest BCUT2D eigenvalue weighted by molar-refractivity contribution is -0.116. The summed E-state index contributed by atoms with van der Waals surface area (Å²) in [6.45, 7) is 0. The number of aliphatic hydroxyl groups is 1. The largest absolute Gasteiger partial charge is 0.368 e. The molecule has 0 fully saturated rings. The highest BCUT2D eigenvalue weighted by atomic mass is 16.3. The average molecular weight is 343 g/mol. The third kappa shape index (κ3) is 1.48. The highest BCUT2D eigenvalue weighted by molar-refractivity contribution is 6.27. The lowest BCUT2D eigenvalue weighted by Crippen LogP contribution is -2.37. The van der Waals surface area contributed by atoms with Crippen LogP contribution in [-0.4, -0.2) is 21.8 Å². The van der Waals surface area contributed by atoms with Crippen LogP contribution in [0.15, 0.2) is 54.2 Å². The maximum absolute atomic E-state index is 12.8. The summed E-state index contributed by atoms with van der Waals surface area (Å²) in [5.74, 6) is -0.201. The Balaban J connectivity index is 1.77. The molecule has 2 N–H and O–H groups in total. The van der Waals surface area contributed by atoms with E-state index in [4.69, 9.17) is 0 Å². The topological polar surface area (TPSA) is 57.5 Å². The van der Waals surface area contributed by atoms with Crippen LogP contribution in [0.2, 0.25) is 0 Å². The summed E-state index contributed by atoms with van der Waals surface area (Å²) in [5.41, 5.74) is 6.85. The van der Waals surface area contributed by atoms with Gasteiger partial charge >= 0.3 is 0 Å². The van der Waals surface area contributed by atoms with Crippen LogP contribution < -0.4 is 10.2 Å². The summed E-state index contributed by atoms with van der Waals surface area (Å²) in [4.78, 5) is 14.9. The SMILES string of the molecule is Cn1c2c(c3ccccc31)C1=C(C(O)NC1=O)N1c3ccccc3CC21. The zero-order chi connectivity index (χ0) is 17.6. The van der Waals surface area contributed by atoms with Crippen molar-refractivity contribution in [3.05, 3.63) is 71.0 Å². The minimum atomic E-state index is -0.974. The molecule has 6 rings (SSSR count). The molecule has 1 aromatic heterocycles. The van der Waals surface area contributed by atoms with Gasteiger partial charge in [-0.05, 0) is 17.7 Å². The van der Waals surface area contributed by atoms with Crippen LogP contribution in [0.3, 0.4) is 0 Å². The fraction of sp³-hybridized carbons (Fsp3) is 0.190. The van der Waals surface area contributed by atoms with E-state index in [1.807, 2.05) is 24.3 Å². The van der Waals surface area contributed by atoms with Crippen molar-refractivity contribution in [1.29, 1.82) is 0 Å². The van der Waals surface area contributed by atoms with Gasteiger partial charge in [-0.3, -0.25) is 4.79 Å². The molecule has 2 aromatic carbocycles. The average Bonchev–Trinajstić information content (AvgIpc) is 3.26. The summed E-state index contributed by atoms with van der Waals surface area (Å²) in [6, 6.07) is 16.5. The third-order valence-corrected chi connectivity index (χ3v) is 5.96. The number of para-hydroxylation sites is 2. The van der Waals surface area contributed by atoms with Gasteiger partial charge in [-0.1, -0.05) is 36.4 Å². The normalized spacial score (nSPS) is 23.0. The lowest BCUT2D eigenvalue weighted by Gasteiger charge is -2.35. The molecule has 3 aromatic rings. The van der Waals surface area contributed by atoms with Gasteiger partial charge in [0.1, 0.15) is 0 Å². The minimum Gasteiger partial charge on any atom is -0.368 e. The Hall–Kier alpha value is -3.05. The van der Waals surface area contributed by atoms with Crippen LogP contribution in [0.5, 0.6) is 0 Å². The maximum Gasteiger partial charge on any atom is 0.256 e. The molecule has 3 aliphatic heterocycles. The molecule has 0 saturated carbocycles. The van der Waals surface area contributed by atoms with E-state index in [1.165, 1.54) is 5.56 Å². The highest BCUT2D eigenvalue weighted by Crippen LogP contribution is 2.53. The molecule has 1 amide bonds. The third-order valence-electron chi connectivity index (χ3n) is 5.96. The first kappa shape index (κ1) is 14.2. The first-order valence-electron chi connectivity index (χ1n) is 8.84. The Bertz CT molecular complexity index is 1160. The molecular formula is C21H17N3O2. The fourth-order valence-electron chi connectivity index (χ4n) is 4.98. The molecule has 0 bridgehead atoms. The van der Waals surface area contributed by atoms with Crippen molar-refractivity contribution in [2.24, 2.45) is 7.05 Å². The monoisotopic (exact) mass is 343 g/mol. The maximum atomic E-state index is 12.8. The Morgan fingerprint density at radius 1 is 1.12 bits per heavy atom. The van der Waals surface area contributed by atoms with Crippen molar-refractivity contribution in [1.82, 2.24) is 9.88 Å². The molecule has 2 atom stereocenters. The summed E-state index contributed by atoms with van der Waals surface area (Å²) in [6.07, 6.45) is -0.108. The summed E-state index contributed by atoms with van der Waals surface area (Å²) in [7, 11) is 2.07. The zero-order valence-electron chi connectivity index (χ0n) is 14.2. The Morgan fingerprint density at radius 3 is 2.77 bits per heavy atom. The quantitative estimate of drug-likeness (QED) is 0.659. The minimum absolute atomic E-state index is 0.0842. The van der Waals surface area contributed by atoms with E-state index in [1.54, 1.807) is 0 Å². The van der Waals surface area contributed by atoms with Gasteiger partial charge in [0.2, 0.25) is 0 Å². The fourth-order valence-corrected chi connectivity index (χ4v) is 4.98. The second-order valence-electron chi connectivity index (χ2n) is 7.19. The van der Waals surface area contributed by atoms with E-state index < -0.39 is 6.23 Å². The van der Waals surface area contributed by atoms with Crippen molar-refractivity contribution < 1.29 is 9.90 Å². The number of hydrogen-bond acceptors (Lipinski definition) is 3. The molecule has 26 heavy (non-hydrogen) atoms. The number of anilines is 1. The number of amides is 1. The predicted octanol–water partition coefficient (Wildman–Crippen LogP) is 2.46. The number of aryl methyl sites for hydroxylation is 1. The number of benzene rings is 2. The molecule has 4 heterocycles. The van der Waals surface area contributed by atoms with Crippen LogP contribution in [0.1, 0.15) is 22.9 Å². The summed E-state index contributed by atoms with van der Waals surface area (Å²) in [5, 5.41) is 14.4. The summed E-state index contributed by atoms with van der Waals surface area (Å²) < 4.78 is 2.20. The number of fused-ring (bicyclic) bond motifs is 9. The molecule has 0 spiro atoms. The first-order chi connectivity index (χ1) is 12.7. The number of aromatic nitrogens is 1. The van der Waals surface area contributed by atoms with E-state index in [2.05, 4.69) is 46.1 Å².